The van der Waals surface area contributed by atoms with Crippen molar-refractivity contribution in [3.63, 3.8) is 0 Å². The van der Waals surface area contributed by atoms with E-state index >= 15 is 0 Å². The average molecular weight is 1210 g/mol. The summed E-state index contributed by atoms with van der Waals surface area (Å²) in [5, 5.41) is 16.6. The lowest BCUT2D eigenvalue weighted by molar-refractivity contribution is 0.0341. The number of unbranched alkanes of at least 4 members (excludes halogenated alkanes) is 2. The number of carbonyl (C=O) groups excluding carboxylic acids is 2. The minimum Gasteiger partial charge on any atom is -0.494 e. The number of piperazine rings is 2. The van der Waals surface area contributed by atoms with Crippen LogP contribution in [0.3, 0.4) is 0 Å². The van der Waals surface area contributed by atoms with E-state index in [-0.39, 0.29) is 38.6 Å². The summed E-state index contributed by atoms with van der Waals surface area (Å²) in [6.45, 7) is 15.7. The molecule has 0 aliphatic carbocycles. The molecule has 9 aromatic rings. The lowest BCUT2D eigenvalue weighted by atomic mass is 10.2. The minimum atomic E-state index is -0.876. The molecule has 0 radical (unpaired) electrons. The van der Waals surface area contributed by atoms with Gasteiger partial charge in [-0.15, -0.1) is 22.7 Å². The Kier molecular flexibility index (Phi) is 24.7. The zero-order chi connectivity index (χ0) is 59.2. The number of ether oxygens (including phenoxy) is 6. The molecule has 2 fully saturated rings. The third-order valence-electron chi connectivity index (χ3n) is 14.8. The van der Waals surface area contributed by atoms with Gasteiger partial charge in [-0.1, -0.05) is 51.6 Å². The SMILES string of the molecule is C.CCCO.CCCOC(=O)OCn1c(=O)ccc2ccc(OCCCCN3CCN(c4cccc5sccc45)CC3)cc21.O=C(OCn1c(=O)ccc2ccc(OCCCCN3CCN(c4cccc5sccc45)CC3)cc21)Oc1ccccc1. The molecule has 17 nitrogen and oxygen atoms in total. The van der Waals surface area contributed by atoms with Crippen LogP contribution in [0.25, 0.3) is 42.0 Å². The Hall–Kier alpha value is -7.94. The predicted molar refractivity (Wildman–Crippen MR) is 347 cm³/mol. The van der Waals surface area contributed by atoms with Crippen LogP contribution in [0.2, 0.25) is 0 Å². The molecular formula is C67H80N6O11S2. The number of rotatable bonds is 22. The van der Waals surface area contributed by atoms with Crippen molar-refractivity contribution in [1.82, 2.24) is 18.9 Å². The molecule has 0 bridgehead atoms. The maximum atomic E-state index is 12.6. The van der Waals surface area contributed by atoms with Crippen LogP contribution < -0.4 is 35.1 Å². The second-order valence-corrected chi connectivity index (χ2v) is 22.6. The standard InChI is InChI=1S/C33H33N3O5S.C30H35N3O5S.C3H8O.CH4/c37-32-14-12-25-11-13-27(23-30(25)36(32)24-40-33(38)41-26-7-2-1-3-8-26)39-21-5-4-16-34-17-19-35(20-18-34)29-9-6-10-31-28(29)15-22-42-31;1-2-18-37-30(35)38-22-33-27-21-24(10-8-23(27)9-11-29(33)34)36-19-4-3-13-31-14-16-32(17-15-31)26-6-5-7-28-25(26)12-20-39-28;1-2-3-4;/h1-3,6-15,22-23H,4-5,16-21,24H2;5-12,20-21H,2-4,13-19,22H2,1H3;4H,2-3H2,1H3;1H4. The second-order valence-electron chi connectivity index (χ2n) is 20.7. The van der Waals surface area contributed by atoms with Gasteiger partial charge in [0.2, 0.25) is 0 Å². The summed E-state index contributed by atoms with van der Waals surface area (Å²) in [7, 11) is 0. The third kappa shape index (κ3) is 17.8. The van der Waals surface area contributed by atoms with Crippen LogP contribution in [0.15, 0.2) is 160 Å². The maximum Gasteiger partial charge on any atom is 0.515 e. The molecule has 2 saturated heterocycles. The fourth-order valence-corrected chi connectivity index (χ4v) is 11.9. The lowest BCUT2D eigenvalue weighted by Gasteiger charge is -2.36. The molecule has 2 aliphatic rings. The average Bonchev–Trinajstić information content (AvgIpc) is 4.21. The number of anilines is 2. The third-order valence-corrected chi connectivity index (χ3v) is 16.6. The Balaban J connectivity index is 0.000000209. The Labute approximate surface area is 511 Å². The van der Waals surface area contributed by atoms with Crippen molar-refractivity contribution in [3.8, 4) is 17.2 Å². The highest BCUT2D eigenvalue weighted by molar-refractivity contribution is 7.17. The van der Waals surface area contributed by atoms with Crippen LogP contribution in [-0.2, 0) is 27.7 Å². The van der Waals surface area contributed by atoms with Gasteiger partial charge in [-0.3, -0.25) is 28.5 Å². The molecule has 11 rings (SSSR count). The highest BCUT2D eigenvalue weighted by Crippen LogP contribution is 2.33. The topological polar surface area (TPSA) is 167 Å². The Bertz CT molecular complexity index is 3680. The van der Waals surface area contributed by atoms with E-state index in [1.165, 1.54) is 52.8 Å². The number of pyridine rings is 2. The first kappa shape index (κ1) is 64.1. The molecule has 1 N–H and O–H groups in total. The number of aromatic nitrogens is 2. The van der Waals surface area contributed by atoms with Gasteiger partial charge < -0.3 is 43.3 Å². The van der Waals surface area contributed by atoms with Crippen molar-refractivity contribution in [2.75, 3.05) is 102 Å². The van der Waals surface area contributed by atoms with E-state index in [1.54, 1.807) is 59.1 Å². The normalized spacial score (nSPS) is 13.5. The minimum absolute atomic E-state index is 0. The number of hydrogen-bond donors (Lipinski definition) is 1. The predicted octanol–water partition coefficient (Wildman–Crippen LogP) is 13.1. The van der Waals surface area contributed by atoms with E-state index in [0.29, 0.717) is 54.5 Å². The molecule has 0 atom stereocenters. The van der Waals surface area contributed by atoms with Crippen molar-refractivity contribution in [1.29, 1.82) is 0 Å². The lowest BCUT2D eigenvalue weighted by Crippen LogP contribution is -2.46. The molecule has 0 saturated carbocycles. The van der Waals surface area contributed by atoms with Crippen LogP contribution in [0.5, 0.6) is 17.2 Å². The fraction of sp³-hybridized carbons (Fsp3) is 0.373. The van der Waals surface area contributed by atoms with Gasteiger partial charge in [0.1, 0.15) is 17.2 Å². The zero-order valence-electron chi connectivity index (χ0n) is 48.5. The summed E-state index contributed by atoms with van der Waals surface area (Å²) in [5.41, 5.74) is 3.45. The van der Waals surface area contributed by atoms with Crippen molar-refractivity contribution in [2.45, 2.75) is 73.3 Å². The molecule has 0 unspecified atom stereocenters. The molecular weight excluding hydrogens is 1130 g/mol. The second kappa shape index (κ2) is 33.1. The van der Waals surface area contributed by atoms with Crippen LogP contribution in [0, 0.1) is 0 Å². The van der Waals surface area contributed by atoms with Crippen LogP contribution in [0.1, 0.15) is 59.8 Å². The maximum absolute atomic E-state index is 12.6. The number of thiophene rings is 2. The van der Waals surface area contributed by atoms with Crippen LogP contribution >= 0.6 is 22.7 Å². The first-order chi connectivity index (χ1) is 41.7. The van der Waals surface area contributed by atoms with Gasteiger partial charge in [0.05, 0.1) is 30.9 Å². The Morgan fingerprint density at radius 3 is 1.42 bits per heavy atom. The number of benzene rings is 5. The number of aliphatic hydroxyl groups excluding tert-OH is 1. The molecule has 0 amide bonds. The first-order valence-electron chi connectivity index (χ1n) is 29.4. The molecule has 86 heavy (non-hydrogen) atoms. The van der Waals surface area contributed by atoms with E-state index < -0.39 is 12.3 Å². The number of carbonyl (C=O) groups is 2. The summed E-state index contributed by atoms with van der Waals surface area (Å²) in [6.07, 6.45) is 3.91. The number of hydrogen-bond acceptors (Lipinski definition) is 17. The highest BCUT2D eigenvalue weighted by atomic mass is 32.1. The molecule has 2 aliphatic heterocycles. The summed E-state index contributed by atoms with van der Waals surface area (Å²) in [5.74, 6) is 1.73. The Morgan fingerprint density at radius 1 is 0.488 bits per heavy atom. The molecule has 5 aromatic carbocycles. The summed E-state index contributed by atoms with van der Waals surface area (Å²) in [6, 6.07) is 44.0. The molecule has 6 heterocycles. The molecule has 4 aromatic heterocycles. The number of fused-ring (bicyclic) bond motifs is 4. The van der Waals surface area contributed by atoms with Crippen molar-refractivity contribution in [3.05, 3.63) is 171 Å². The van der Waals surface area contributed by atoms with E-state index in [4.69, 9.17) is 33.5 Å². The van der Waals surface area contributed by atoms with Crippen molar-refractivity contribution in [2.24, 2.45) is 0 Å². The number of nitrogens with zero attached hydrogens (tertiary/aromatic N) is 6. The smallest absolute Gasteiger partial charge is 0.494 e. The van der Waals surface area contributed by atoms with Gasteiger partial charge in [0, 0.05) is 115 Å². The van der Waals surface area contributed by atoms with E-state index in [0.717, 1.165) is 108 Å². The number of para-hydroxylation sites is 1. The van der Waals surface area contributed by atoms with Crippen molar-refractivity contribution >= 4 is 88.3 Å². The monoisotopic (exact) mass is 1210 g/mol. The van der Waals surface area contributed by atoms with Gasteiger partial charge in [-0.05, 0) is 158 Å². The van der Waals surface area contributed by atoms with Gasteiger partial charge in [0.15, 0.2) is 13.5 Å². The number of aliphatic hydroxyl groups is 1. The van der Waals surface area contributed by atoms with E-state index in [1.807, 2.05) is 56.3 Å². The van der Waals surface area contributed by atoms with Crippen molar-refractivity contribution < 1.29 is 43.1 Å². The molecule has 0 spiro atoms. The quantitative estimate of drug-likeness (QED) is 0.0386. The van der Waals surface area contributed by atoms with Gasteiger partial charge in [-0.2, -0.15) is 0 Å². The zero-order valence-corrected chi connectivity index (χ0v) is 50.2. The summed E-state index contributed by atoms with van der Waals surface area (Å²) >= 11 is 3.60. The summed E-state index contributed by atoms with van der Waals surface area (Å²) < 4.78 is 38.0. The molecule has 456 valence electrons. The van der Waals surface area contributed by atoms with Gasteiger partial charge in [-0.25, -0.2) is 9.59 Å². The Morgan fingerprint density at radius 2 is 0.953 bits per heavy atom. The van der Waals surface area contributed by atoms with E-state index in [9.17, 15) is 19.2 Å². The van der Waals surface area contributed by atoms with Crippen LogP contribution in [0.4, 0.5) is 21.0 Å². The largest absolute Gasteiger partial charge is 0.515 e. The van der Waals surface area contributed by atoms with Crippen LogP contribution in [-0.4, -0.2) is 128 Å². The van der Waals surface area contributed by atoms with Gasteiger partial charge >= 0.3 is 12.3 Å². The highest BCUT2D eigenvalue weighted by Gasteiger charge is 2.21. The summed E-state index contributed by atoms with van der Waals surface area (Å²) in [4.78, 5) is 59.0. The molecule has 19 heteroatoms. The van der Waals surface area contributed by atoms with Gasteiger partial charge in [0.25, 0.3) is 11.1 Å². The first-order valence-corrected chi connectivity index (χ1v) is 31.1. The fourth-order valence-electron chi connectivity index (χ4n) is 10.2. The van der Waals surface area contributed by atoms with E-state index in [2.05, 4.69) is 78.9 Å².